The normalized spacial score (nSPS) is 22.5. The van der Waals surface area contributed by atoms with Gasteiger partial charge in [0, 0.05) is 25.5 Å². The minimum atomic E-state index is -1.90. The average molecular weight is 349 g/mol. The van der Waals surface area contributed by atoms with Gasteiger partial charge in [0.1, 0.15) is 12.1 Å². The van der Waals surface area contributed by atoms with Gasteiger partial charge in [-0.2, -0.15) is 10.5 Å². The summed E-state index contributed by atoms with van der Waals surface area (Å²) in [7, 11) is 3.93. The lowest BCUT2D eigenvalue weighted by Crippen LogP contribution is -2.52. The SMILES string of the molecule is CC1=NC(C#N)=C(C#N)NC2(O)OCCC(c3ccc(N(C)C)cc3)=C12. The Morgan fingerprint density at radius 1 is 1.23 bits per heavy atom. The molecule has 0 bridgehead atoms. The topological polar surface area (TPSA) is 105 Å². The Labute approximate surface area is 152 Å². The number of benzene rings is 1. The molecule has 3 rings (SSSR count). The summed E-state index contributed by atoms with van der Waals surface area (Å²) < 4.78 is 5.56. The number of hydrogen-bond acceptors (Lipinski definition) is 7. The molecule has 1 aromatic carbocycles. The third kappa shape index (κ3) is 2.95. The fourth-order valence-electron chi connectivity index (χ4n) is 3.18. The molecule has 7 heteroatoms. The van der Waals surface area contributed by atoms with Crippen LogP contribution in [-0.2, 0) is 4.74 Å². The summed E-state index contributed by atoms with van der Waals surface area (Å²) in [6.45, 7) is 1.97. The van der Waals surface area contributed by atoms with Crippen LogP contribution in [0.4, 0.5) is 5.69 Å². The molecular formula is C19H19N5O2. The van der Waals surface area contributed by atoms with Crippen LogP contribution in [0.1, 0.15) is 18.9 Å². The maximum absolute atomic E-state index is 11.1. The Balaban J connectivity index is 2.17. The Hall–Kier alpha value is -3.13. The van der Waals surface area contributed by atoms with E-state index in [4.69, 9.17) is 4.74 Å². The van der Waals surface area contributed by atoms with E-state index in [0.29, 0.717) is 17.7 Å². The van der Waals surface area contributed by atoms with Crippen LogP contribution in [0, 0.1) is 22.7 Å². The van der Waals surface area contributed by atoms with Crippen molar-refractivity contribution in [3.05, 3.63) is 46.8 Å². The van der Waals surface area contributed by atoms with Crippen LogP contribution in [0.3, 0.4) is 0 Å². The smallest absolute Gasteiger partial charge is 0.278 e. The molecule has 0 spiro atoms. The molecule has 0 saturated heterocycles. The van der Waals surface area contributed by atoms with Crippen molar-refractivity contribution in [3.8, 4) is 12.1 Å². The summed E-state index contributed by atoms with van der Waals surface area (Å²) in [5.74, 6) is -1.90. The highest BCUT2D eigenvalue weighted by atomic mass is 16.6. The molecule has 1 atom stereocenters. The lowest BCUT2D eigenvalue weighted by Gasteiger charge is -2.36. The summed E-state index contributed by atoms with van der Waals surface area (Å²) in [5.41, 5.74) is 3.55. The Bertz CT molecular complexity index is 913. The van der Waals surface area contributed by atoms with Crippen LogP contribution in [0.5, 0.6) is 0 Å². The van der Waals surface area contributed by atoms with Crippen LogP contribution in [0.15, 0.2) is 46.2 Å². The maximum atomic E-state index is 11.1. The lowest BCUT2D eigenvalue weighted by molar-refractivity contribution is -0.189. The van der Waals surface area contributed by atoms with Gasteiger partial charge in [-0.25, -0.2) is 4.99 Å². The van der Waals surface area contributed by atoms with E-state index >= 15 is 0 Å². The summed E-state index contributed by atoms with van der Waals surface area (Å²) in [5, 5.41) is 32.3. The second-order valence-corrected chi connectivity index (χ2v) is 6.31. The van der Waals surface area contributed by atoms with E-state index in [1.165, 1.54) is 0 Å². The first-order chi connectivity index (χ1) is 12.4. The number of nitriles is 2. The number of nitrogens with zero attached hydrogens (tertiary/aromatic N) is 4. The highest BCUT2D eigenvalue weighted by molar-refractivity contribution is 6.07. The highest BCUT2D eigenvalue weighted by Gasteiger charge is 2.43. The fourth-order valence-corrected chi connectivity index (χ4v) is 3.18. The average Bonchev–Trinajstić information content (AvgIpc) is 2.74. The van der Waals surface area contributed by atoms with Crippen LogP contribution < -0.4 is 10.2 Å². The summed E-state index contributed by atoms with van der Waals surface area (Å²) in [6, 6.07) is 11.7. The van der Waals surface area contributed by atoms with Gasteiger partial charge >= 0.3 is 0 Å². The number of nitrogens with one attached hydrogen (secondary N) is 1. The fraction of sp³-hybridized carbons (Fsp3) is 0.316. The molecular weight excluding hydrogens is 330 g/mol. The molecule has 0 radical (unpaired) electrons. The maximum Gasteiger partial charge on any atom is 0.278 e. The predicted molar refractivity (Wildman–Crippen MR) is 97.7 cm³/mol. The number of hydrogen-bond donors (Lipinski definition) is 2. The van der Waals surface area contributed by atoms with Gasteiger partial charge in [0.15, 0.2) is 11.4 Å². The molecule has 0 fully saturated rings. The first-order valence-corrected chi connectivity index (χ1v) is 8.15. The van der Waals surface area contributed by atoms with Gasteiger partial charge < -0.3 is 20.1 Å². The minimum Gasteiger partial charge on any atom is -0.378 e. The lowest BCUT2D eigenvalue weighted by atomic mass is 9.90. The molecule has 2 N–H and O–H groups in total. The number of fused-ring (bicyclic) bond motifs is 1. The largest absolute Gasteiger partial charge is 0.378 e. The molecule has 2 aliphatic rings. The van der Waals surface area contributed by atoms with Crippen molar-refractivity contribution in [2.24, 2.45) is 4.99 Å². The molecule has 2 aliphatic heterocycles. The standard InChI is InChI=1S/C19H19N5O2/c1-12-18-15(13-4-6-14(7-5-13)24(2)3)8-9-26-19(18,25)23-17(11-21)16(10-20)22-12/h4-7,23,25H,8-9H2,1-3H3. The summed E-state index contributed by atoms with van der Waals surface area (Å²) in [4.78, 5) is 6.25. The van der Waals surface area contributed by atoms with Gasteiger partial charge in [-0.1, -0.05) is 12.1 Å². The molecule has 26 heavy (non-hydrogen) atoms. The van der Waals surface area contributed by atoms with E-state index in [-0.39, 0.29) is 18.0 Å². The number of anilines is 1. The zero-order valence-corrected chi connectivity index (χ0v) is 14.9. The van der Waals surface area contributed by atoms with Crippen molar-refractivity contribution in [2.75, 3.05) is 25.6 Å². The summed E-state index contributed by atoms with van der Waals surface area (Å²) >= 11 is 0. The molecule has 132 valence electrons. The predicted octanol–water partition coefficient (Wildman–Crippen LogP) is 1.90. The number of aliphatic imine (C=N–C) groups is 1. The molecule has 2 heterocycles. The van der Waals surface area contributed by atoms with Gasteiger partial charge in [0.25, 0.3) is 5.91 Å². The van der Waals surface area contributed by atoms with Crippen molar-refractivity contribution in [1.82, 2.24) is 5.32 Å². The van der Waals surface area contributed by atoms with Gasteiger partial charge in [-0.15, -0.1) is 0 Å². The third-order valence-electron chi connectivity index (χ3n) is 4.43. The Kier molecular flexibility index (Phi) is 4.52. The van der Waals surface area contributed by atoms with Crippen LogP contribution in [0.25, 0.3) is 5.57 Å². The van der Waals surface area contributed by atoms with Crippen molar-refractivity contribution in [2.45, 2.75) is 19.3 Å². The third-order valence-corrected chi connectivity index (χ3v) is 4.43. The summed E-state index contributed by atoms with van der Waals surface area (Å²) in [6.07, 6.45) is 0.581. The first-order valence-electron chi connectivity index (χ1n) is 8.15. The van der Waals surface area contributed by atoms with Gasteiger partial charge in [0.05, 0.1) is 12.2 Å². The Morgan fingerprint density at radius 2 is 1.92 bits per heavy atom. The zero-order valence-electron chi connectivity index (χ0n) is 14.9. The quantitative estimate of drug-likeness (QED) is 0.845. The van der Waals surface area contributed by atoms with E-state index in [1.807, 2.05) is 55.4 Å². The van der Waals surface area contributed by atoms with Crippen molar-refractivity contribution in [3.63, 3.8) is 0 Å². The molecule has 0 aliphatic carbocycles. The van der Waals surface area contributed by atoms with E-state index in [0.717, 1.165) is 16.8 Å². The number of rotatable bonds is 2. The number of ether oxygens (including phenoxy) is 1. The molecule has 7 nitrogen and oxygen atoms in total. The van der Waals surface area contributed by atoms with Gasteiger partial charge in [-0.3, -0.25) is 0 Å². The Morgan fingerprint density at radius 3 is 2.50 bits per heavy atom. The van der Waals surface area contributed by atoms with E-state index in [1.54, 1.807) is 6.92 Å². The van der Waals surface area contributed by atoms with E-state index in [2.05, 4.69) is 10.3 Å². The highest BCUT2D eigenvalue weighted by Crippen LogP contribution is 2.37. The van der Waals surface area contributed by atoms with Crippen molar-refractivity contribution in [1.29, 1.82) is 10.5 Å². The van der Waals surface area contributed by atoms with Crippen molar-refractivity contribution < 1.29 is 9.84 Å². The van der Waals surface area contributed by atoms with Crippen LogP contribution in [0.2, 0.25) is 0 Å². The minimum absolute atomic E-state index is 0.0776. The van der Waals surface area contributed by atoms with Crippen LogP contribution in [-0.4, -0.2) is 37.4 Å². The molecule has 0 amide bonds. The van der Waals surface area contributed by atoms with Gasteiger partial charge in [-0.05, 0) is 36.6 Å². The van der Waals surface area contributed by atoms with Gasteiger partial charge in [0.2, 0.25) is 0 Å². The zero-order chi connectivity index (χ0) is 18.9. The van der Waals surface area contributed by atoms with E-state index in [9.17, 15) is 15.6 Å². The van der Waals surface area contributed by atoms with E-state index < -0.39 is 5.91 Å². The van der Waals surface area contributed by atoms with Crippen molar-refractivity contribution >= 4 is 17.0 Å². The molecule has 1 unspecified atom stereocenters. The monoisotopic (exact) mass is 349 g/mol. The second kappa shape index (κ2) is 6.64. The second-order valence-electron chi connectivity index (χ2n) is 6.31. The molecule has 1 aromatic rings. The number of aliphatic hydroxyl groups is 1. The molecule has 0 saturated carbocycles. The first kappa shape index (κ1) is 17.7. The number of allylic oxidation sites excluding steroid dienone is 2. The molecule has 0 aromatic heterocycles. The van der Waals surface area contributed by atoms with Crippen LogP contribution >= 0.6 is 0 Å².